The lowest BCUT2D eigenvalue weighted by Crippen LogP contribution is -2.45. The van der Waals surface area contributed by atoms with Gasteiger partial charge in [-0.05, 0) is 65.0 Å². The molecule has 0 fully saturated rings. The number of halogens is 1. The summed E-state index contributed by atoms with van der Waals surface area (Å²) in [5.41, 5.74) is 0.209. The maximum Gasteiger partial charge on any atom is 0.410 e. The molecule has 2 aromatic heterocycles. The van der Waals surface area contributed by atoms with Crippen LogP contribution in [0.15, 0.2) is 47.1 Å². The number of hydrogen-bond acceptors (Lipinski definition) is 6. The zero-order valence-electron chi connectivity index (χ0n) is 18.9. The Balaban J connectivity index is 1.76. The predicted molar refractivity (Wildman–Crippen MR) is 117 cm³/mol. The van der Waals surface area contributed by atoms with E-state index in [2.05, 4.69) is 27.0 Å². The fraction of sp³-hybridized carbons (Fsp3) is 0.333. The summed E-state index contributed by atoms with van der Waals surface area (Å²) in [4.78, 5) is 22.6. The lowest BCUT2D eigenvalue weighted by atomic mass is 10.0. The van der Waals surface area contributed by atoms with Gasteiger partial charge in [0.25, 0.3) is 5.89 Å². The Morgan fingerprint density at radius 3 is 2.44 bits per heavy atom. The summed E-state index contributed by atoms with van der Waals surface area (Å²) in [6.45, 7) is 8.97. The maximum absolute atomic E-state index is 13.3. The number of amides is 1. The van der Waals surface area contributed by atoms with Crippen LogP contribution in [0.2, 0.25) is 0 Å². The molecule has 0 N–H and O–H groups in total. The second-order valence-corrected chi connectivity index (χ2v) is 8.71. The normalized spacial score (nSPS) is 11.5. The zero-order chi connectivity index (χ0) is 23.5. The van der Waals surface area contributed by atoms with Crippen molar-refractivity contribution in [3.05, 3.63) is 65.4 Å². The van der Waals surface area contributed by atoms with Gasteiger partial charge in [0.1, 0.15) is 22.7 Å². The van der Waals surface area contributed by atoms with Crippen molar-refractivity contribution >= 4 is 6.09 Å². The smallest absolute Gasteiger partial charge is 0.410 e. The van der Waals surface area contributed by atoms with E-state index in [0.717, 1.165) is 0 Å². The van der Waals surface area contributed by atoms with Gasteiger partial charge in [0.2, 0.25) is 5.82 Å². The first-order chi connectivity index (χ1) is 15.0. The number of carbonyl (C=O) groups is 1. The number of hydrogen-bond donors (Lipinski definition) is 0. The highest BCUT2D eigenvalue weighted by atomic mass is 19.1. The van der Waals surface area contributed by atoms with E-state index >= 15 is 0 Å². The minimum atomic E-state index is -0.899. The molecule has 0 saturated heterocycles. The highest BCUT2D eigenvalue weighted by Crippen LogP contribution is 2.28. The van der Waals surface area contributed by atoms with E-state index in [9.17, 15) is 9.18 Å². The molecule has 0 aliphatic carbocycles. The Kier molecular flexibility index (Phi) is 6.30. The summed E-state index contributed by atoms with van der Waals surface area (Å²) < 4.78 is 24.1. The van der Waals surface area contributed by atoms with Crippen LogP contribution >= 0.6 is 0 Å². The number of ether oxygens (including phenoxy) is 1. The summed E-state index contributed by atoms with van der Waals surface area (Å²) in [5, 5.41) is 4.00. The van der Waals surface area contributed by atoms with Crippen LogP contribution in [0.25, 0.3) is 11.5 Å². The van der Waals surface area contributed by atoms with Gasteiger partial charge in [0, 0.05) is 24.4 Å². The molecule has 0 unspecified atom stereocenters. The molecule has 1 amide bonds. The van der Waals surface area contributed by atoms with Crippen molar-refractivity contribution in [1.29, 1.82) is 0 Å². The van der Waals surface area contributed by atoms with Crippen LogP contribution in [0.3, 0.4) is 0 Å². The van der Waals surface area contributed by atoms with Crippen LogP contribution in [0, 0.1) is 17.7 Å². The number of benzene rings is 1. The van der Waals surface area contributed by atoms with Gasteiger partial charge in [0.05, 0.1) is 0 Å². The van der Waals surface area contributed by atoms with E-state index in [0.29, 0.717) is 16.8 Å². The van der Waals surface area contributed by atoms with E-state index in [1.54, 1.807) is 72.1 Å². The van der Waals surface area contributed by atoms with E-state index in [1.165, 1.54) is 17.0 Å². The third kappa shape index (κ3) is 5.49. The Hall–Kier alpha value is -3.73. The largest absolute Gasteiger partial charge is 0.444 e. The quantitative estimate of drug-likeness (QED) is 0.550. The maximum atomic E-state index is 13.3. The first-order valence-corrected chi connectivity index (χ1v) is 10.0. The molecule has 1 aromatic carbocycles. The van der Waals surface area contributed by atoms with E-state index < -0.39 is 17.2 Å². The summed E-state index contributed by atoms with van der Waals surface area (Å²) in [5.74, 6) is 6.04. The fourth-order valence-corrected chi connectivity index (χ4v) is 2.59. The van der Waals surface area contributed by atoms with Crippen LogP contribution in [0.1, 0.15) is 51.6 Å². The molecular weight excluding hydrogens is 411 g/mol. The zero-order valence-corrected chi connectivity index (χ0v) is 18.9. The van der Waals surface area contributed by atoms with Crippen molar-refractivity contribution in [2.24, 2.45) is 0 Å². The fourth-order valence-electron chi connectivity index (χ4n) is 2.59. The van der Waals surface area contributed by atoms with Crippen molar-refractivity contribution in [1.82, 2.24) is 20.0 Å². The SMILES string of the molecule is CN(C(=O)OC(C)(C)C)C(C)(C)c1nc(-c2ccc(C#Cc3cccc(F)c3)cn2)no1. The highest BCUT2D eigenvalue weighted by Gasteiger charge is 2.37. The monoisotopic (exact) mass is 436 g/mol. The number of pyridine rings is 1. The van der Waals surface area contributed by atoms with Crippen LogP contribution in [-0.2, 0) is 10.3 Å². The molecule has 0 bridgehead atoms. The molecule has 32 heavy (non-hydrogen) atoms. The Bertz CT molecular complexity index is 1170. The van der Waals surface area contributed by atoms with E-state index in [-0.39, 0.29) is 17.5 Å². The van der Waals surface area contributed by atoms with Gasteiger partial charge in [-0.2, -0.15) is 4.98 Å². The van der Waals surface area contributed by atoms with Crippen molar-refractivity contribution < 1.29 is 18.4 Å². The van der Waals surface area contributed by atoms with Gasteiger partial charge >= 0.3 is 6.09 Å². The molecule has 0 aliphatic rings. The molecule has 8 heteroatoms. The molecule has 3 aromatic rings. The molecule has 0 aliphatic heterocycles. The molecule has 2 heterocycles. The van der Waals surface area contributed by atoms with Gasteiger partial charge < -0.3 is 9.26 Å². The standard InChI is InChI=1S/C24H25FN4O3/c1-23(2,3)31-22(30)29(6)24(4,5)21-27-20(28-32-21)19-13-12-17(15-26-19)11-10-16-8-7-9-18(25)14-16/h7-9,12-15H,1-6H3. The van der Waals surface area contributed by atoms with Crippen molar-refractivity contribution in [2.45, 2.75) is 45.8 Å². The van der Waals surface area contributed by atoms with Gasteiger partial charge in [-0.1, -0.05) is 23.1 Å². The summed E-state index contributed by atoms with van der Waals surface area (Å²) in [7, 11) is 1.61. The molecule has 3 rings (SSSR count). The Labute approximate surface area is 186 Å². The number of aromatic nitrogens is 3. The number of carbonyl (C=O) groups excluding carboxylic acids is 1. The number of nitrogens with zero attached hydrogens (tertiary/aromatic N) is 4. The van der Waals surface area contributed by atoms with Crippen molar-refractivity contribution in [2.75, 3.05) is 7.05 Å². The lowest BCUT2D eigenvalue weighted by Gasteiger charge is -2.33. The molecule has 0 atom stereocenters. The average Bonchev–Trinajstić information content (AvgIpc) is 3.22. The van der Waals surface area contributed by atoms with Crippen LogP contribution < -0.4 is 0 Å². The van der Waals surface area contributed by atoms with Gasteiger partial charge in [-0.25, -0.2) is 9.18 Å². The second-order valence-electron chi connectivity index (χ2n) is 8.71. The van der Waals surface area contributed by atoms with Crippen LogP contribution in [-0.4, -0.2) is 38.8 Å². The second kappa shape index (κ2) is 8.79. The van der Waals surface area contributed by atoms with Crippen LogP contribution in [0.5, 0.6) is 0 Å². The highest BCUT2D eigenvalue weighted by molar-refractivity contribution is 5.69. The van der Waals surface area contributed by atoms with Gasteiger partial charge in [-0.3, -0.25) is 9.88 Å². The molecule has 0 radical (unpaired) electrons. The molecule has 0 saturated carbocycles. The molecule has 166 valence electrons. The van der Waals surface area contributed by atoms with Gasteiger partial charge in [-0.15, -0.1) is 0 Å². The Morgan fingerprint density at radius 2 is 1.81 bits per heavy atom. The van der Waals surface area contributed by atoms with E-state index in [1.807, 2.05) is 0 Å². The molecule has 0 spiro atoms. The van der Waals surface area contributed by atoms with Crippen molar-refractivity contribution in [3.63, 3.8) is 0 Å². The topological polar surface area (TPSA) is 81.4 Å². The first-order valence-electron chi connectivity index (χ1n) is 10.0. The minimum absolute atomic E-state index is 0.248. The summed E-state index contributed by atoms with van der Waals surface area (Å²) >= 11 is 0. The van der Waals surface area contributed by atoms with Gasteiger partial charge in [0.15, 0.2) is 0 Å². The summed E-state index contributed by atoms with van der Waals surface area (Å²) in [6.07, 6.45) is 1.08. The lowest BCUT2D eigenvalue weighted by molar-refractivity contribution is 0.00472. The van der Waals surface area contributed by atoms with E-state index in [4.69, 9.17) is 9.26 Å². The third-order valence-corrected chi connectivity index (χ3v) is 4.62. The minimum Gasteiger partial charge on any atom is -0.444 e. The third-order valence-electron chi connectivity index (χ3n) is 4.62. The molecular formula is C24H25FN4O3. The molecule has 7 nitrogen and oxygen atoms in total. The average molecular weight is 436 g/mol. The number of rotatable bonds is 3. The summed E-state index contributed by atoms with van der Waals surface area (Å²) in [6, 6.07) is 9.56. The predicted octanol–water partition coefficient (Wildman–Crippen LogP) is 4.77. The Morgan fingerprint density at radius 1 is 1.09 bits per heavy atom. The van der Waals surface area contributed by atoms with Crippen LogP contribution in [0.4, 0.5) is 9.18 Å². The van der Waals surface area contributed by atoms with Crippen molar-refractivity contribution in [3.8, 4) is 23.4 Å². The first kappa shape index (κ1) is 22.9.